The van der Waals surface area contributed by atoms with Gasteiger partial charge in [-0.3, -0.25) is 0 Å². The van der Waals surface area contributed by atoms with Crippen molar-refractivity contribution in [2.45, 2.75) is 44.8 Å². The van der Waals surface area contributed by atoms with E-state index in [0.29, 0.717) is 18.3 Å². The molecular weight excluding hydrogens is 228 g/mol. The smallest absolute Gasteiger partial charge is 0.213 e. The van der Waals surface area contributed by atoms with Gasteiger partial charge in [0.15, 0.2) is 0 Å². The van der Waals surface area contributed by atoms with Gasteiger partial charge < -0.3 is 14.8 Å². The molecule has 1 aromatic rings. The number of nitrogens with one attached hydrogen (secondary N) is 1. The van der Waals surface area contributed by atoms with E-state index in [1.807, 2.05) is 19.2 Å². The highest BCUT2D eigenvalue weighted by molar-refractivity contribution is 5.75. The van der Waals surface area contributed by atoms with Gasteiger partial charge >= 0.3 is 0 Å². The molecule has 0 atom stereocenters. The molecule has 1 heterocycles. The standard InChI is InChI=1S/C14H20N2O2/c1-10(17)3-4-11-5-6-16-14(7-11)18-13-8-12(9-13)15-2/h5-7,12-13,15H,3-4,8-9H2,1-2H3/t12-,13+. The SMILES string of the molecule is CN[C@H]1C[C@@H](Oc2cc(CCC(C)=O)ccn2)C1. The van der Waals surface area contributed by atoms with Crippen LogP contribution in [0, 0.1) is 0 Å². The Morgan fingerprint density at radius 1 is 1.56 bits per heavy atom. The third-order valence-electron chi connectivity index (χ3n) is 3.36. The minimum atomic E-state index is 0.213. The Balaban J connectivity index is 1.85. The van der Waals surface area contributed by atoms with Crippen LogP contribution < -0.4 is 10.1 Å². The van der Waals surface area contributed by atoms with E-state index in [9.17, 15) is 4.79 Å². The fraction of sp³-hybridized carbons (Fsp3) is 0.571. The predicted octanol–water partition coefficient (Wildman–Crippen LogP) is 1.73. The van der Waals surface area contributed by atoms with Gasteiger partial charge in [0.05, 0.1) is 0 Å². The number of hydrogen-bond acceptors (Lipinski definition) is 4. The Kier molecular flexibility index (Phi) is 4.31. The summed E-state index contributed by atoms with van der Waals surface area (Å²) >= 11 is 0. The zero-order chi connectivity index (χ0) is 13.0. The molecule has 4 heteroatoms. The van der Waals surface area contributed by atoms with E-state index in [1.54, 1.807) is 13.1 Å². The lowest BCUT2D eigenvalue weighted by atomic mass is 9.89. The van der Waals surface area contributed by atoms with Gasteiger partial charge in [-0.15, -0.1) is 0 Å². The van der Waals surface area contributed by atoms with Crippen LogP contribution in [0.15, 0.2) is 18.3 Å². The van der Waals surface area contributed by atoms with E-state index in [1.165, 1.54) is 0 Å². The second-order valence-electron chi connectivity index (χ2n) is 4.90. The van der Waals surface area contributed by atoms with E-state index < -0.39 is 0 Å². The van der Waals surface area contributed by atoms with Gasteiger partial charge in [-0.05, 0) is 44.9 Å². The van der Waals surface area contributed by atoms with Gasteiger partial charge in [0.25, 0.3) is 0 Å². The fourth-order valence-corrected chi connectivity index (χ4v) is 2.06. The second kappa shape index (κ2) is 5.96. The Hall–Kier alpha value is -1.42. The van der Waals surface area contributed by atoms with Crippen LogP contribution in [-0.4, -0.2) is 30.0 Å². The van der Waals surface area contributed by atoms with Gasteiger partial charge in [0.2, 0.25) is 5.88 Å². The number of ether oxygens (including phenoxy) is 1. The highest BCUT2D eigenvalue weighted by atomic mass is 16.5. The number of hydrogen-bond donors (Lipinski definition) is 1. The molecule has 0 amide bonds. The highest BCUT2D eigenvalue weighted by Gasteiger charge is 2.29. The molecule has 1 N–H and O–H groups in total. The lowest BCUT2D eigenvalue weighted by molar-refractivity contribution is -0.116. The van der Waals surface area contributed by atoms with Gasteiger partial charge in [-0.1, -0.05) is 0 Å². The van der Waals surface area contributed by atoms with Crippen LogP contribution in [0.4, 0.5) is 0 Å². The van der Waals surface area contributed by atoms with Crippen molar-refractivity contribution < 1.29 is 9.53 Å². The lowest BCUT2D eigenvalue weighted by Gasteiger charge is -2.34. The molecule has 0 aliphatic heterocycles. The molecule has 0 unspecified atom stereocenters. The van der Waals surface area contributed by atoms with Crippen molar-refractivity contribution in [3.8, 4) is 5.88 Å². The zero-order valence-electron chi connectivity index (χ0n) is 11.0. The van der Waals surface area contributed by atoms with Gasteiger partial charge in [0, 0.05) is 24.7 Å². The highest BCUT2D eigenvalue weighted by Crippen LogP contribution is 2.25. The largest absolute Gasteiger partial charge is 0.474 e. The van der Waals surface area contributed by atoms with Crippen LogP contribution in [0.5, 0.6) is 5.88 Å². The molecule has 2 rings (SSSR count). The molecule has 0 saturated heterocycles. The summed E-state index contributed by atoms with van der Waals surface area (Å²) in [6, 6.07) is 4.46. The first-order valence-electron chi connectivity index (χ1n) is 6.45. The number of carbonyl (C=O) groups is 1. The number of nitrogens with zero attached hydrogens (tertiary/aromatic N) is 1. The molecule has 1 aliphatic carbocycles. The minimum Gasteiger partial charge on any atom is -0.474 e. The molecule has 1 fully saturated rings. The summed E-state index contributed by atoms with van der Waals surface area (Å²) in [5.41, 5.74) is 1.11. The van der Waals surface area contributed by atoms with Crippen LogP contribution in [-0.2, 0) is 11.2 Å². The summed E-state index contributed by atoms with van der Waals surface area (Å²) in [7, 11) is 1.97. The third kappa shape index (κ3) is 3.53. The molecule has 18 heavy (non-hydrogen) atoms. The quantitative estimate of drug-likeness (QED) is 0.833. The number of pyridine rings is 1. The molecule has 98 valence electrons. The van der Waals surface area contributed by atoms with Crippen molar-refractivity contribution in [3.63, 3.8) is 0 Å². The molecule has 0 aromatic carbocycles. The van der Waals surface area contributed by atoms with Crippen molar-refractivity contribution in [2.75, 3.05) is 7.05 Å². The van der Waals surface area contributed by atoms with Crippen molar-refractivity contribution in [1.29, 1.82) is 0 Å². The maximum Gasteiger partial charge on any atom is 0.213 e. The topological polar surface area (TPSA) is 51.2 Å². The number of aromatic nitrogens is 1. The van der Waals surface area contributed by atoms with Gasteiger partial charge in [-0.25, -0.2) is 4.98 Å². The number of aryl methyl sites for hydroxylation is 1. The number of ketones is 1. The number of Topliss-reactive ketones (excluding diaryl/α,β-unsaturated/α-hetero) is 1. The molecule has 0 bridgehead atoms. The Labute approximate surface area is 108 Å². The van der Waals surface area contributed by atoms with Crippen LogP contribution in [0.2, 0.25) is 0 Å². The van der Waals surface area contributed by atoms with Crippen molar-refractivity contribution in [3.05, 3.63) is 23.9 Å². The van der Waals surface area contributed by atoms with Gasteiger partial charge in [0.1, 0.15) is 11.9 Å². The number of carbonyl (C=O) groups excluding carboxylic acids is 1. The summed E-state index contributed by atoms with van der Waals surface area (Å²) in [4.78, 5) is 15.2. The Morgan fingerprint density at radius 2 is 2.33 bits per heavy atom. The first-order chi connectivity index (χ1) is 8.67. The Morgan fingerprint density at radius 3 is 3.00 bits per heavy atom. The molecule has 4 nitrogen and oxygen atoms in total. The zero-order valence-corrected chi connectivity index (χ0v) is 11.0. The first kappa shape index (κ1) is 13.0. The Bertz CT molecular complexity index is 414. The van der Waals surface area contributed by atoms with Crippen molar-refractivity contribution in [1.82, 2.24) is 10.3 Å². The molecule has 1 saturated carbocycles. The summed E-state index contributed by atoms with van der Waals surface area (Å²) in [5, 5.41) is 3.22. The molecular formula is C14H20N2O2. The van der Waals surface area contributed by atoms with Crippen LogP contribution >= 0.6 is 0 Å². The first-order valence-corrected chi connectivity index (χ1v) is 6.45. The molecule has 0 spiro atoms. The molecule has 1 aliphatic rings. The average molecular weight is 248 g/mol. The van der Waals surface area contributed by atoms with Crippen LogP contribution in [0.25, 0.3) is 0 Å². The summed E-state index contributed by atoms with van der Waals surface area (Å²) < 4.78 is 5.79. The van der Waals surface area contributed by atoms with Gasteiger partial charge in [-0.2, -0.15) is 0 Å². The monoisotopic (exact) mass is 248 g/mol. The van der Waals surface area contributed by atoms with Crippen molar-refractivity contribution >= 4 is 5.78 Å². The van der Waals surface area contributed by atoms with E-state index in [2.05, 4.69) is 10.3 Å². The third-order valence-corrected chi connectivity index (χ3v) is 3.36. The second-order valence-corrected chi connectivity index (χ2v) is 4.90. The molecule has 1 aromatic heterocycles. The normalized spacial score (nSPS) is 22.3. The van der Waals surface area contributed by atoms with E-state index in [0.717, 1.165) is 24.8 Å². The summed E-state index contributed by atoms with van der Waals surface area (Å²) in [6.07, 6.45) is 5.44. The molecule has 0 radical (unpaired) electrons. The van der Waals surface area contributed by atoms with E-state index in [-0.39, 0.29) is 11.9 Å². The lowest BCUT2D eigenvalue weighted by Crippen LogP contribution is -2.45. The summed E-state index contributed by atoms with van der Waals surface area (Å²) in [6.45, 7) is 1.62. The van der Waals surface area contributed by atoms with Crippen LogP contribution in [0.3, 0.4) is 0 Å². The number of rotatable bonds is 6. The maximum atomic E-state index is 11.0. The van der Waals surface area contributed by atoms with Crippen molar-refractivity contribution in [2.24, 2.45) is 0 Å². The fourth-order valence-electron chi connectivity index (χ4n) is 2.06. The van der Waals surface area contributed by atoms with E-state index >= 15 is 0 Å². The summed E-state index contributed by atoms with van der Waals surface area (Å²) in [5.74, 6) is 0.890. The minimum absolute atomic E-state index is 0.213. The van der Waals surface area contributed by atoms with Crippen LogP contribution in [0.1, 0.15) is 31.7 Å². The van der Waals surface area contributed by atoms with E-state index in [4.69, 9.17) is 4.74 Å². The average Bonchev–Trinajstić information content (AvgIpc) is 2.31. The maximum absolute atomic E-state index is 11.0. The predicted molar refractivity (Wildman–Crippen MR) is 69.7 cm³/mol.